The molecule has 0 spiro atoms. The van der Waals surface area contributed by atoms with Gasteiger partial charge in [-0.25, -0.2) is 8.42 Å². The van der Waals surface area contributed by atoms with Gasteiger partial charge in [-0.05, 0) is 54.6 Å². The molecule has 5 rings (SSSR count). The number of sulfonamides is 1. The first-order valence-corrected chi connectivity index (χ1v) is 11.4. The van der Waals surface area contributed by atoms with Crippen LogP contribution >= 0.6 is 11.8 Å². The number of thioether (sulfide) groups is 1. The second-order valence-corrected chi connectivity index (χ2v) is 9.67. The number of amides is 1. The van der Waals surface area contributed by atoms with Crippen molar-refractivity contribution in [2.24, 2.45) is 4.40 Å². The molecule has 1 atom stereocenters. The standard InChI is InChI=1S/C19H17N3O5S2/c1-11(12-3-5-15-16(8-12)27-10-26-15)20-18(23)13-2-4-14-17(9-13)28-19-21-29(24,25)7-6-22(14)19/h2-5,8-9,11H,6-7,10H2,1H3,(H,20,23). The van der Waals surface area contributed by atoms with Crippen molar-refractivity contribution in [2.45, 2.75) is 17.9 Å². The van der Waals surface area contributed by atoms with Gasteiger partial charge in [-0.15, -0.1) is 4.40 Å². The number of ether oxygens (including phenoxy) is 2. The second-order valence-electron chi connectivity index (χ2n) is 6.90. The maximum Gasteiger partial charge on any atom is 0.257 e. The number of hydrogen-bond donors (Lipinski definition) is 1. The van der Waals surface area contributed by atoms with Crippen molar-refractivity contribution < 1.29 is 22.7 Å². The molecule has 150 valence electrons. The molecule has 3 aliphatic heterocycles. The molecule has 1 N–H and O–H groups in total. The van der Waals surface area contributed by atoms with E-state index < -0.39 is 10.0 Å². The van der Waals surface area contributed by atoms with E-state index in [2.05, 4.69) is 9.71 Å². The van der Waals surface area contributed by atoms with Crippen molar-refractivity contribution in [1.29, 1.82) is 0 Å². The molecular weight excluding hydrogens is 414 g/mol. The van der Waals surface area contributed by atoms with Gasteiger partial charge in [0.1, 0.15) is 0 Å². The van der Waals surface area contributed by atoms with Gasteiger partial charge in [-0.2, -0.15) is 0 Å². The van der Waals surface area contributed by atoms with Crippen LogP contribution in [0.5, 0.6) is 11.5 Å². The summed E-state index contributed by atoms with van der Waals surface area (Å²) in [5.41, 5.74) is 2.30. The molecule has 8 nitrogen and oxygen atoms in total. The molecule has 0 aliphatic carbocycles. The number of carbonyl (C=O) groups excluding carboxylic acids is 1. The van der Waals surface area contributed by atoms with Crippen molar-refractivity contribution in [1.82, 2.24) is 5.32 Å². The van der Waals surface area contributed by atoms with Crippen molar-refractivity contribution in [3.05, 3.63) is 47.5 Å². The zero-order chi connectivity index (χ0) is 20.2. The van der Waals surface area contributed by atoms with Gasteiger partial charge in [0.15, 0.2) is 16.7 Å². The minimum Gasteiger partial charge on any atom is -0.454 e. The Hall–Kier alpha value is -2.72. The van der Waals surface area contributed by atoms with Crippen LogP contribution in [0.15, 0.2) is 45.7 Å². The smallest absolute Gasteiger partial charge is 0.257 e. The van der Waals surface area contributed by atoms with Gasteiger partial charge < -0.3 is 19.7 Å². The molecule has 0 bridgehead atoms. The Morgan fingerprint density at radius 2 is 2.03 bits per heavy atom. The van der Waals surface area contributed by atoms with E-state index in [1.807, 2.05) is 36.1 Å². The lowest BCUT2D eigenvalue weighted by Gasteiger charge is -2.22. The maximum atomic E-state index is 12.8. The van der Waals surface area contributed by atoms with Crippen LogP contribution in [0.2, 0.25) is 0 Å². The van der Waals surface area contributed by atoms with E-state index in [0.717, 1.165) is 16.1 Å². The summed E-state index contributed by atoms with van der Waals surface area (Å²) in [6.45, 7) is 2.47. The minimum atomic E-state index is -3.41. The zero-order valence-electron chi connectivity index (χ0n) is 15.4. The Morgan fingerprint density at radius 3 is 2.90 bits per heavy atom. The largest absolute Gasteiger partial charge is 0.454 e. The first-order valence-electron chi connectivity index (χ1n) is 9.02. The lowest BCUT2D eigenvalue weighted by Crippen LogP contribution is -2.35. The van der Waals surface area contributed by atoms with Crippen LogP contribution < -0.4 is 19.7 Å². The average Bonchev–Trinajstić information content (AvgIpc) is 3.29. The molecular formula is C19H17N3O5S2. The van der Waals surface area contributed by atoms with Gasteiger partial charge in [0.2, 0.25) is 6.79 Å². The first-order chi connectivity index (χ1) is 13.9. The zero-order valence-corrected chi connectivity index (χ0v) is 17.0. The molecule has 1 amide bonds. The van der Waals surface area contributed by atoms with Crippen LogP contribution in [0, 0.1) is 0 Å². The third kappa shape index (κ3) is 3.32. The predicted octanol–water partition coefficient (Wildman–Crippen LogP) is 2.52. The third-order valence-corrected chi connectivity index (χ3v) is 7.29. The number of hydrogen-bond acceptors (Lipinski definition) is 7. The van der Waals surface area contributed by atoms with Gasteiger partial charge in [0.05, 0.1) is 17.5 Å². The van der Waals surface area contributed by atoms with E-state index in [1.165, 1.54) is 11.8 Å². The summed E-state index contributed by atoms with van der Waals surface area (Å²) < 4.78 is 38.0. The molecule has 0 aromatic heterocycles. The van der Waals surface area contributed by atoms with E-state index in [-0.39, 0.29) is 24.5 Å². The fraction of sp³-hybridized carbons (Fsp3) is 0.263. The monoisotopic (exact) mass is 431 g/mol. The Labute approximate surface area is 172 Å². The fourth-order valence-corrected chi connectivity index (χ4v) is 5.71. The van der Waals surface area contributed by atoms with Crippen molar-refractivity contribution >= 4 is 38.5 Å². The van der Waals surface area contributed by atoms with Gasteiger partial charge in [0, 0.05) is 17.0 Å². The summed E-state index contributed by atoms with van der Waals surface area (Å²) >= 11 is 1.27. The quantitative estimate of drug-likeness (QED) is 0.797. The Bertz CT molecular complexity index is 1160. The number of nitrogens with one attached hydrogen (secondary N) is 1. The molecule has 3 aliphatic rings. The summed E-state index contributed by atoms with van der Waals surface area (Å²) in [6.07, 6.45) is 0. The number of rotatable bonds is 3. The normalized spacial score (nSPS) is 19.2. The van der Waals surface area contributed by atoms with Crippen LogP contribution in [0.4, 0.5) is 5.69 Å². The van der Waals surface area contributed by atoms with Crippen molar-refractivity contribution in [3.8, 4) is 11.5 Å². The average molecular weight is 431 g/mol. The summed E-state index contributed by atoms with van der Waals surface area (Å²) in [5.74, 6) is 1.15. The molecule has 1 unspecified atom stereocenters. The number of benzene rings is 2. The molecule has 0 saturated heterocycles. The second kappa shape index (κ2) is 6.67. The third-order valence-electron chi connectivity index (χ3n) is 4.98. The lowest BCUT2D eigenvalue weighted by atomic mass is 10.1. The maximum absolute atomic E-state index is 12.8. The summed E-state index contributed by atoms with van der Waals surface area (Å²) in [5, 5.41) is 3.43. The summed E-state index contributed by atoms with van der Waals surface area (Å²) in [4.78, 5) is 15.5. The van der Waals surface area contributed by atoms with E-state index in [9.17, 15) is 13.2 Å². The SMILES string of the molecule is CC(NC(=O)c1ccc2c(c1)SC1=NS(=O)(=O)CCN12)c1ccc2c(c1)OCO2. The highest BCUT2D eigenvalue weighted by Crippen LogP contribution is 2.42. The van der Waals surface area contributed by atoms with Crippen LogP contribution in [0.1, 0.15) is 28.9 Å². The van der Waals surface area contributed by atoms with Gasteiger partial charge in [-0.1, -0.05) is 6.07 Å². The highest BCUT2D eigenvalue weighted by Gasteiger charge is 2.33. The van der Waals surface area contributed by atoms with E-state index in [1.54, 1.807) is 12.1 Å². The number of fused-ring (bicyclic) bond motifs is 4. The van der Waals surface area contributed by atoms with E-state index in [0.29, 0.717) is 28.8 Å². The Morgan fingerprint density at radius 1 is 1.21 bits per heavy atom. The number of anilines is 1. The Balaban J connectivity index is 1.34. The highest BCUT2D eigenvalue weighted by molar-refractivity contribution is 8.15. The van der Waals surface area contributed by atoms with Gasteiger partial charge in [-0.3, -0.25) is 4.79 Å². The molecule has 2 aromatic rings. The number of nitrogens with zero attached hydrogens (tertiary/aromatic N) is 2. The van der Waals surface area contributed by atoms with Gasteiger partial charge in [0.25, 0.3) is 15.9 Å². The molecule has 2 aromatic carbocycles. The van der Waals surface area contributed by atoms with Crippen molar-refractivity contribution in [2.75, 3.05) is 24.0 Å². The summed E-state index contributed by atoms with van der Waals surface area (Å²) in [6, 6.07) is 10.7. The van der Waals surface area contributed by atoms with E-state index >= 15 is 0 Å². The predicted molar refractivity (Wildman–Crippen MR) is 109 cm³/mol. The lowest BCUT2D eigenvalue weighted by molar-refractivity contribution is 0.0939. The topological polar surface area (TPSA) is 97.3 Å². The van der Waals surface area contributed by atoms with Crippen LogP contribution in [-0.2, 0) is 10.0 Å². The van der Waals surface area contributed by atoms with Crippen LogP contribution in [0.3, 0.4) is 0 Å². The first kappa shape index (κ1) is 18.3. The highest BCUT2D eigenvalue weighted by atomic mass is 32.2. The van der Waals surface area contributed by atoms with Crippen molar-refractivity contribution in [3.63, 3.8) is 0 Å². The number of amidine groups is 1. The molecule has 10 heteroatoms. The molecule has 0 saturated carbocycles. The fourth-order valence-electron chi connectivity index (χ4n) is 3.42. The van der Waals surface area contributed by atoms with E-state index in [4.69, 9.17) is 9.47 Å². The minimum absolute atomic E-state index is 0.00815. The summed E-state index contributed by atoms with van der Waals surface area (Å²) in [7, 11) is -3.41. The molecule has 0 fully saturated rings. The van der Waals surface area contributed by atoms with Crippen LogP contribution in [0.25, 0.3) is 0 Å². The van der Waals surface area contributed by atoms with Gasteiger partial charge >= 0.3 is 0 Å². The molecule has 0 radical (unpaired) electrons. The number of carbonyl (C=O) groups is 1. The Kier molecular flexibility index (Phi) is 4.21. The molecule has 3 heterocycles. The molecule has 29 heavy (non-hydrogen) atoms. The van der Waals surface area contributed by atoms with Crippen LogP contribution in [-0.4, -0.2) is 38.6 Å².